The molecule has 0 atom stereocenters. The van der Waals surface area contributed by atoms with E-state index in [1.807, 2.05) is 24.3 Å². The lowest BCUT2D eigenvalue weighted by atomic mass is 10.3. The van der Waals surface area contributed by atoms with Gasteiger partial charge in [0.05, 0.1) is 24.7 Å². The first-order chi connectivity index (χ1) is 15.5. The zero-order chi connectivity index (χ0) is 22.5. The zero-order valence-electron chi connectivity index (χ0n) is 17.0. The van der Waals surface area contributed by atoms with Crippen molar-refractivity contribution in [1.29, 1.82) is 0 Å². The van der Waals surface area contributed by atoms with Crippen LogP contribution in [0.15, 0.2) is 70.0 Å². The summed E-state index contributed by atoms with van der Waals surface area (Å²) >= 11 is 3.37. The quantitative estimate of drug-likeness (QED) is 0.385. The lowest BCUT2D eigenvalue weighted by Gasteiger charge is -2.08. The Morgan fingerprint density at radius 3 is 2.72 bits per heavy atom. The van der Waals surface area contributed by atoms with Crippen molar-refractivity contribution in [2.45, 2.75) is 13.3 Å². The monoisotopic (exact) mass is 498 g/mol. The van der Waals surface area contributed by atoms with Crippen LogP contribution < -0.4 is 15.4 Å². The number of amides is 2. The summed E-state index contributed by atoms with van der Waals surface area (Å²) in [5.41, 5.74) is 0.660. The summed E-state index contributed by atoms with van der Waals surface area (Å²) < 4.78 is 14.7. The first-order valence-corrected chi connectivity index (χ1v) is 10.3. The zero-order valence-corrected chi connectivity index (χ0v) is 18.6. The molecule has 0 saturated carbocycles. The van der Waals surface area contributed by atoms with Crippen LogP contribution in [-0.2, 0) is 20.3 Å². The molecule has 2 N–H and O–H groups in total. The van der Waals surface area contributed by atoms with E-state index in [0.717, 1.165) is 4.47 Å². The van der Waals surface area contributed by atoms with Crippen molar-refractivity contribution in [3.63, 3.8) is 0 Å². The number of nitrogens with zero attached hydrogens (tertiary/aromatic N) is 4. The number of hydrogen-bond acceptors (Lipinski definition) is 6. The van der Waals surface area contributed by atoms with Crippen LogP contribution in [0.4, 0.5) is 5.69 Å². The second kappa shape index (κ2) is 9.52. The molecule has 3 aromatic heterocycles. The van der Waals surface area contributed by atoms with Gasteiger partial charge in [0, 0.05) is 17.7 Å². The van der Waals surface area contributed by atoms with Crippen molar-refractivity contribution >= 4 is 33.4 Å². The van der Waals surface area contributed by atoms with Crippen LogP contribution in [0.5, 0.6) is 5.75 Å². The largest absolute Gasteiger partial charge is 0.471 e. The molecule has 11 heteroatoms. The molecule has 2 amide bonds. The fourth-order valence-electron chi connectivity index (χ4n) is 2.88. The Bertz CT molecular complexity index is 1210. The lowest BCUT2D eigenvalue weighted by molar-refractivity contribution is 0.0939. The van der Waals surface area contributed by atoms with E-state index in [0.29, 0.717) is 11.5 Å². The van der Waals surface area contributed by atoms with Gasteiger partial charge in [0.2, 0.25) is 0 Å². The van der Waals surface area contributed by atoms with E-state index in [4.69, 9.17) is 9.15 Å². The second-order valence-corrected chi connectivity index (χ2v) is 7.63. The van der Waals surface area contributed by atoms with Crippen LogP contribution in [0.2, 0.25) is 0 Å². The van der Waals surface area contributed by atoms with E-state index in [9.17, 15) is 9.59 Å². The van der Waals surface area contributed by atoms with E-state index in [2.05, 4.69) is 36.8 Å². The fraction of sp³-hybridized carbons (Fsp3) is 0.143. The van der Waals surface area contributed by atoms with Crippen LogP contribution in [0.3, 0.4) is 0 Å². The predicted octanol–water partition coefficient (Wildman–Crippen LogP) is 3.19. The minimum Gasteiger partial charge on any atom is -0.471 e. The number of anilines is 1. The number of hydrogen-bond donors (Lipinski definition) is 2. The summed E-state index contributed by atoms with van der Waals surface area (Å²) in [6, 6.07) is 12.4. The van der Waals surface area contributed by atoms with Gasteiger partial charge in [-0.1, -0.05) is 15.9 Å². The Hall–Kier alpha value is -3.86. The Kier molecular flexibility index (Phi) is 6.36. The Labute approximate surface area is 191 Å². The first-order valence-electron chi connectivity index (χ1n) is 9.55. The average molecular weight is 499 g/mol. The van der Waals surface area contributed by atoms with Gasteiger partial charge in [-0.05, 0) is 42.5 Å². The molecule has 3 heterocycles. The van der Waals surface area contributed by atoms with Crippen molar-refractivity contribution in [2.75, 3.05) is 5.32 Å². The van der Waals surface area contributed by atoms with Gasteiger partial charge >= 0.3 is 0 Å². The number of halogens is 1. The maximum absolute atomic E-state index is 12.7. The van der Waals surface area contributed by atoms with Crippen molar-refractivity contribution in [3.8, 4) is 5.75 Å². The Morgan fingerprint density at radius 1 is 1.16 bits per heavy atom. The molecule has 1 aromatic carbocycles. The minimum atomic E-state index is -0.472. The van der Waals surface area contributed by atoms with Crippen LogP contribution >= 0.6 is 15.9 Å². The van der Waals surface area contributed by atoms with Crippen LogP contribution in [0.1, 0.15) is 26.7 Å². The lowest BCUT2D eigenvalue weighted by Crippen LogP contribution is -2.26. The van der Waals surface area contributed by atoms with Crippen molar-refractivity contribution in [3.05, 3.63) is 82.7 Å². The summed E-state index contributed by atoms with van der Waals surface area (Å²) in [6.07, 6.45) is 4.57. The molecule has 0 aliphatic rings. The topological polar surface area (TPSA) is 116 Å². The van der Waals surface area contributed by atoms with Gasteiger partial charge in [0.1, 0.15) is 17.2 Å². The van der Waals surface area contributed by atoms with Gasteiger partial charge < -0.3 is 19.8 Å². The van der Waals surface area contributed by atoms with Gasteiger partial charge in [0.25, 0.3) is 11.8 Å². The average Bonchev–Trinajstić information content (AvgIpc) is 3.53. The number of carbonyl (C=O) groups is 2. The number of nitrogens with one attached hydrogen (secondary N) is 2. The third-order valence-corrected chi connectivity index (χ3v) is 4.98. The van der Waals surface area contributed by atoms with E-state index in [1.54, 1.807) is 31.4 Å². The third kappa shape index (κ3) is 5.06. The molecule has 10 nitrogen and oxygen atoms in total. The minimum absolute atomic E-state index is 0.141. The van der Waals surface area contributed by atoms with Gasteiger partial charge in [-0.2, -0.15) is 10.2 Å². The second-order valence-electron chi connectivity index (χ2n) is 6.71. The number of furan rings is 1. The number of rotatable bonds is 8. The van der Waals surface area contributed by atoms with Gasteiger partial charge in [-0.3, -0.25) is 14.3 Å². The van der Waals surface area contributed by atoms with Crippen LogP contribution in [-0.4, -0.2) is 31.4 Å². The molecule has 0 spiro atoms. The summed E-state index contributed by atoms with van der Waals surface area (Å²) in [7, 11) is 1.62. The number of carbonyl (C=O) groups excluding carboxylic acids is 2. The van der Waals surface area contributed by atoms with Gasteiger partial charge in [-0.15, -0.1) is 0 Å². The molecule has 0 bridgehead atoms. The van der Waals surface area contributed by atoms with E-state index >= 15 is 0 Å². The summed E-state index contributed by atoms with van der Waals surface area (Å²) in [5.74, 6) is 0.419. The summed E-state index contributed by atoms with van der Waals surface area (Å²) in [4.78, 5) is 25.3. The smallest absolute Gasteiger partial charge is 0.276 e. The molecule has 4 aromatic rings. The predicted molar refractivity (Wildman–Crippen MR) is 118 cm³/mol. The molecule has 0 fully saturated rings. The van der Waals surface area contributed by atoms with E-state index in [-0.39, 0.29) is 30.4 Å². The Balaban J connectivity index is 1.38. The highest BCUT2D eigenvalue weighted by Gasteiger charge is 2.20. The van der Waals surface area contributed by atoms with E-state index < -0.39 is 11.8 Å². The highest BCUT2D eigenvalue weighted by molar-refractivity contribution is 9.10. The molecule has 0 unspecified atom stereocenters. The molecule has 32 heavy (non-hydrogen) atoms. The van der Waals surface area contributed by atoms with E-state index in [1.165, 1.54) is 21.8 Å². The number of aryl methyl sites for hydroxylation is 1. The molecule has 0 aliphatic heterocycles. The highest BCUT2D eigenvalue weighted by Crippen LogP contribution is 2.17. The number of benzene rings is 1. The van der Waals surface area contributed by atoms with Gasteiger partial charge in [0.15, 0.2) is 12.4 Å². The van der Waals surface area contributed by atoms with Crippen LogP contribution in [0.25, 0.3) is 0 Å². The highest BCUT2D eigenvalue weighted by atomic mass is 79.9. The molecule has 0 saturated heterocycles. The molecule has 164 valence electrons. The Morgan fingerprint density at radius 2 is 1.97 bits per heavy atom. The number of aromatic nitrogens is 4. The number of ether oxygens (including phenoxy) is 1. The molecule has 4 rings (SSSR count). The van der Waals surface area contributed by atoms with Crippen molar-refractivity contribution in [1.82, 2.24) is 24.9 Å². The van der Waals surface area contributed by atoms with Crippen molar-refractivity contribution < 1.29 is 18.7 Å². The molecule has 0 aliphatic carbocycles. The fourth-order valence-corrected chi connectivity index (χ4v) is 3.14. The third-order valence-electron chi connectivity index (χ3n) is 4.46. The maximum Gasteiger partial charge on any atom is 0.276 e. The first kappa shape index (κ1) is 21.4. The van der Waals surface area contributed by atoms with Gasteiger partial charge in [-0.25, -0.2) is 4.68 Å². The standard InChI is InChI=1S/C21H19BrN6O4/c1-27-19(21(30)23-11-16-3-2-10-31-16)18(12-24-27)25-20(29)17-8-9-28(26-17)13-32-15-6-4-14(22)5-7-15/h2-10,12H,11,13H2,1H3,(H,23,30)(H,25,29). The van der Waals surface area contributed by atoms with Crippen molar-refractivity contribution in [2.24, 2.45) is 7.05 Å². The normalized spacial score (nSPS) is 10.7. The summed E-state index contributed by atoms with van der Waals surface area (Å²) in [5, 5.41) is 13.7. The molecule has 0 radical (unpaired) electrons. The maximum atomic E-state index is 12.7. The summed E-state index contributed by atoms with van der Waals surface area (Å²) in [6.45, 7) is 0.357. The SMILES string of the molecule is Cn1ncc(NC(=O)c2ccn(COc3ccc(Br)cc3)n2)c1C(=O)NCc1ccco1. The van der Waals surface area contributed by atoms with Crippen LogP contribution in [0, 0.1) is 0 Å². The molecular weight excluding hydrogens is 480 g/mol. The molecular formula is C21H19BrN6O4.